The fourth-order valence-electron chi connectivity index (χ4n) is 2.96. The van der Waals surface area contributed by atoms with Crippen LogP contribution in [-0.2, 0) is 9.59 Å². The monoisotopic (exact) mass is 295 g/mol. The maximum absolute atomic E-state index is 12.0. The molecule has 3 aromatic rings. The van der Waals surface area contributed by atoms with E-state index in [2.05, 4.69) is 10.5 Å². The number of anilines is 1. The largest absolute Gasteiger partial charge is 0.398 e. The zero-order valence-electron chi connectivity index (χ0n) is 11.6. The van der Waals surface area contributed by atoms with Crippen molar-refractivity contribution in [2.24, 2.45) is 0 Å². The zero-order chi connectivity index (χ0) is 15.3. The molecule has 2 aromatic carbocycles. The van der Waals surface area contributed by atoms with Crippen LogP contribution in [0, 0.1) is 0 Å². The summed E-state index contributed by atoms with van der Waals surface area (Å²) in [7, 11) is 0. The van der Waals surface area contributed by atoms with Gasteiger partial charge in [0, 0.05) is 22.9 Å². The molecule has 0 saturated carbocycles. The Bertz CT molecular complexity index is 929. The van der Waals surface area contributed by atoms with Gasteiger partial charge in [0.25, 0.3) is 0 Å². The highest BCUT2D eigenvalue weighted by Gasteiger charge is 2.31. The van der Waals surface area contributed by atoms with Crippen molar-refractivity contribution in [2.75, 3.05) is 5.73 Å². The van der Waals surface area contributed by atoms with Crippen LogP contribution in [0.1, 0.15) is 24.5 Å². The summed E-state index contributed by atoms with van der Waals surface area (Å²) in [6.07, 6.45) is 0.757. The number of aromatic nitrogens is 1. The van der Waals surface area contributed by atoms with E-state index in [-0.39, 0.29) is 11.8 Å². The maximum Gasteiger partial charge on any atom is 0.235 e. The standard InChI is InChI=1S/C16H13N3O3/c17-12-3-1-2-8-6-11-13(7-10(8)12)22-19-15(11)9-4-5-14(20)18-16(9)21/h1-3,6-7,9H,4-5,17H2,(H,18,20,21)/t9-/m1/s1. The van der Waals surface area contributed by atoms with Crippen molar-refractivity contribution < 1.29 is 14.1 Å². The van der Waals surface area contributed by atoms with E-state index in [9.17, 15) is 9.59 Å². The number of hydrogen-bond donors (Lipinski definition) is 2. The minimum atomic E-state index is -0.461. The Morgan fingerprint density at radius 1 is 1.23 bits per heavy atom. The van der Waals surface area contributed by atoms with E-state index in [1.54, 1.807) is 0 Å². The predicted molar refractivity (Wildman–Crippen MR) is 81.1 cm³/mol. The molecule has 2 heterocycles. The number of piperidine rings is 1. The quantitative estimate of drug-likeness (QED) is 0.529. The summed E-state index contributed by atoms with van der Waals surface area (Å²) in [6, 6.07) is 9.42. The molecule has 4 rings (SSSR count). The summed E-state index contributed by atoms with van der Waals surface area (Å²) in [5.74, 6) is -1.02. The molecule has 0 bridgehead atoms. The van der Waals surface area contributed by atoms with Gasteiger partial charge in [-0.05, 0) is 30.0 Å². The summed E-state index contributed by atoms with van der Waals surface area (Å²) in [4.78, 5) is 23.3. The highest BCUT2D eigenvalue weighted by Crippen LogP contribution is 2.34. The molecule has 6 heteroatoms. The Balaban J connectivity index is 1.89. The molecule has 2 amide bonds. The number of hydrogen-bond acceptors (Lipinski definition) is 5. The van der Waals surface area contributed by atoms with Crippen molar-refractivity contribution in [3.8, 4) is 0 Å². The van der Waals surface area contributed by atoms with Crippen LogP contribution in [0.25, 0.3) is 21.7 Å². The lowest BCUT2D eigenvalue weighted by atomic mass is 9.92. The molecule has 0 aliphatic carbocycles. The first-order chi connectivity index (χ1) is 10.6. The molecular weight excluding hydrogens is 282 g/mol. The minimum Gasteiger partial charge on any atom is -0.398 e. The summed E-state index contributed by atoms with van der Waals surface area (Å²) in [5.41, 5.74) is 7.80. The Morgan fingerprint density at radius 3 is 2.91 bits per heavy atom. The van der Waals surface area contributed by atoms with Crippen molar-refractivity contribution in [2.45, 2.75) is 18.8 Å². The van der Waals surface area contributed by atoms with Crippen LogP contribution in [0.3, 0.4) is 0 Å². The highest BCUT2D eigenvalue weighted by atomic mass is 16.5. The number of nitrogens with two attached hydrogens (primary N) is 1. The number of nitrogens with zero attached hydrogens (tertiary/aromatic N) is 1. The zero-order valence-corrected chi connectivity index (χ0v) is 11.6. The molecular formula is C16H13N3O3. The second-order valence-electron chi connectivity index (χ2n) is 5.49. The predicted octanol–water partition coefficient (Wildman–Crippen LogP) is 2.08. The van der Waals surface area contributed by atoms with Gasteiger partial charge in [-0.15, -0.1) is 0 Å². The Morgan fingerprint density at radius 2 is 2.09 bits per heavy atom. The van der Waals surface area contributed by atoms with E-state index < -0.39 is 5.92 Å². The molecule has 0 unspecified atom stereocenters. The third-order valence-electron chi connectivity index (χ3n) is 4.10. The molecule has 1 saturated heterocycles. The van der Waals surface area contributed by atoms with E-state index in [0.717, 1.165) is 16.2 Å². The molecule has 1 fully saturated rings. The molecule has 0 spiro atoms. The van der Waals surface area contributed by atoms with Gasteiger partial charge in [-0.3, -0.25) is 14.9 Å². The maximum atomic E-state index is 12.0. The number of carbonyl (C=O) groups excluding carboxylic acids is 2. The lowest BCUT2D eigenvalue weighted by Crippen LogP contribution is -2.39. The molecule has 6 nitrogen and oxygen atoms in total. The minimum absolute atomic E-state index is 0.243. The van der Waals surface area contributed by atoms with Crippen LogP contribution < -0.4 is 11.1 Å². The van der Waals surface area contributed by atoms with Gasteiger partial charge in [-0.1, -0.05) is 17.3 Å². The SMILES string of the molecule is Nc1cccc2cc3c([C@H]4CCC(=O)NC4=O)noc3cc12. The number of rotatable bonds is 1. The number of imide groups is 1. The topological polar surface area (TPSA) is 98.2 Å². The van der Waals surface area contributed by atoms with Crippen molar-refractivity contribution in [3.63, 3.8) is 0 Å². The first kappa shape index (κ1) is 12.8. The number of amides is 2. The van der Waals surface area contributed by atoms with Crippen molar-refractivity contribution in [1.29, 1.82) is 0 Å². The first-order valence-corrected chi connectivity index (χ1v) is 7.05. The molecule has 1 aromatic heterocycles. The van der Waals surface area contributed by atoms with Crippen molar-refractivity contribution in [3.05, 3.63) is 36.0 Å². The highest BCUT2D eigenvalue weighted by molar-refractivity contribution is 6.05. The Labute approximate surface area is 125 Å². The second kappa shape index (κ2) is 4.56. The molecule has 3 N–H and O–H groups in total. The summed E-state index contributed by atoms with van der Waals surface area (Å²) in [6.45, 7) is 0. The Hall–Kier alpha value is -2.89. The van der Waals surface area contributed by atoms with Gasteiger partial charge in [0.05, 0.1) is 5.92 Å². The van der Waals surface area contributed by atoms with Crippen LogP contribution >= 0.6 is 0 Å². The number of nitrogens with one attached hydrogen (secondary N) is 1. The summed E-state index contributed by atoms with van der Waals surface area (Å²) < 4.78 is 5.37. The van der Waals surface area contributed by atoms with Crippen LogP contribution in [0.4, 0.5) is 5.69 Å². The number of carbonyl (C=O) groups is 2. The third-order valence-corrected chi connectivity index (χ3v) is 4.10. The number of benzene rings is 2. The average molecular weight is 295 g/mol. The van der Waals surface area contributed by atoms with E-state index in [1.165, 1.54) is 0 Å². The van der Waals surface area contributed by atoms with Gasteiger partial charge in [0.15, 0.2) is 5.58 Å². The lowest BCUT2D eigenvalue weighted by molar-refractivity contribution is -0.134. The van der Waals surface area contributed by atoms with Crippen molar-refractivity contribution >= 4 is 39.2 Å². The van der Waals surface area contributed by atoms with E-state index >= 15 is 0 Å². The molecule has 110 valence electrons. The smallest absolute Gasteiger partial charge is 0.235 e. The fourth-order valence-corrected chi connectivity index (χ4v) is 2.96. The van der Waals surface area contributed by atoms with Gasteiger partial charge in [0.1, 0.15) is 5.69 Å². The van der Waals surface area contributed by atoms with E-state index in [1.807, 2.05) is 30.3 Å². The van der Waals surface area contributed by atoms with Crippen LogP contribution in [-0.4, -0.2) is 17.0 Å². The molecule has 22 heavy (non-hydrogen) atoms. The van der Waals surface area contributed by atoms with Gasteiger partial charge in [0.2, 0.25) is 11.8 Å². The summed E-state index contributed by atoms with van der Waals surface area (Å²) >= 11 is 0. The normalized spacial score (nSPS) is 18.8. The fraction of sp³-hybridized carbons (Fsp3) is 0.188. The van der Waals surface area contributed by atoms with Gasteiger partial charge >= 0.3 is 0 Å². The number of nitrogen functional groups attached to an aromatic ring is 1. The summed E-state index contributed by atoms with van der Waals surface area (Å²) in [5, 5.41) is 9.05. The Kier molecular flexibility index (Phi) is 2.66. The first-order valence-electron chi connectivity index (χ1n) is 7.05. The van der Waals surface area contributed by atoms with E-state index in [0.29, 0.717) is 29.8 Å². The van der Waals surface area contributed by atoms with Crippen LogP contribution in [0.5, 0.6) is 0 Å². The molecule has 1 aliphatic heterocycles. The molecule has 0 radical (unpaired) electrons. The van der Waals surface area contributed by atoms with E-state index in [4.69, 9.17) is 10.3 Å². The lowest BCUT2D eigenvalue weighted by Gasteiger charge is -2.18. The molecule has 1 atom stereocenters. The van der Waals surface area contributed by atoms with Gasteiger partial charge < -0.3 is 10.3 Å². The van der Waals surface area contributed by atoms with Gasteiger partial charge in [-0.25, -0.2) is 0 Å². The number of fused-ring (bicyclic) bond motifs is 2. The average Bonchev–Trinajstić information content (AvgIpc) is 2.89. The van der Waals surface area contributed by atoms with Crippen LogP contribution in [0.15, 0.2) is 34.9 Å². The van der Waals surface area contributed by atoms with Crippen LogP contribution in [0.2, 0.25) is 0 Å². The second-order valence-corrected chi connectivity index (χ2v) is 5.49. The molecule has 1 aliphatic rings. The van der Waals surface area contributed by atoms with Gasteiger partial charge in [-0.2, -0.15) is 0 Å². The van der Waals surface area contributed by atoms with Crippen molar-refractivity contribution in [1.82, 2.24) is 10.5 Å². The third kappa shape index (κ3) is 1.84.